The molecule has 0 spiro atoms. The summed E-state index contributed by atoms with van der Waals surface area (Å²) in [7, 11) is -3.24. The van der Waals surface area contributed by atoms with Gasteiger partial charge in [-0.3, -0.25) is 4.79 Å². The van der Waals surface area contributed by atoms with E-state index >= 15 is 0 Å². The molecule has 1 unspecified atom stereocenters. The van der Waals surface area contributed by atoms with Crippen molar-refractivity contribution in [3.05, 3.63) is 88.9 Å². The van der Waals surface area contributed by atoms with Gasteiger partial charge in [0.05, 0.1) is 12.6 Å². The lowest BCUT2D eigenvalue weighted by atomic mass is 9.94. The Kier molecular flexibility index (Phi) is 5.63. The van der Waals surface area contributed by atoms with Crippen LogP contribution in [0.15, 0.2) is 65.1 Å². The Morgan fingerprint density at radius 3 is 2.63 bits per heavy atom. The molecule has 0 aliphatic carbocycles. The maximum absolute atomic E-state index is 12.9. The molecular weight excluding hydrogens is 402 g/mol. The number of furan rings is 1. The highest BCUT2D eigenvalue weighted by Crippen LogP contribution is 2.30. The van der Waals surface area contributed by atoms with Crippen LogP contribution in [0.5, 0.6) is 5.75 Å². The van der Waals surface area contributed by atoms with Crippen LogP contribution < -0.4 is 10.1 Å². The van der Waals surface area contributed by atoms with Crippen LogP contribution in [0.2, 0.25) is 0 Å². The van der Waals surface area contributed by atoms with E-state index in [1.807, 2.05) is 42.5 Å². The summed E-state index contributed by atoms with van der Waals surface area (Å²) in [5, 5.41) is 3.03. The third-order valence-corrected chi connectivity index (χ3v) is 5.77. The Bertz CT molecular complexity index is 1150. The van der Waals surface area contributed by atoms with Crippen molar-refractivity contribution in [1.29, 1.82) is 0 Å². The summed E-state index contributed by atoms with van der Waals surface area (Å²) >= 11 is 0. The van der Waals surface area contributed by atoms with Crippen molar-refractivity contribution in [2.24, 2.45) is 0 Å². The lowest BCUT2D eigenvalue weighted by Crippen LogP contribution is -2.29. The predicted octanol–water partition coefficient (Wildman–Crippen LogP) is 3.67. The summed E-state index contributed by atoms with van der Waals surface area (Å²) in [5.74, 6) is 0.561. The van der Waals surface area contributed by atoms with Crippen molar-refractivity contribution in [2.45, 2.75) is 24.6 Å². The van der Waals surface area contributed by atoms with Crippen LogP contribution in [0.1, 0.15) is 45.5 Å². The largest absolute Gasteiger partial charge is 0.493 e. The van der Waals surface area contributed by atoms with E-state index in [4.69, 9.17) is 9.15 Å². The van der Waals surface area contributed by atoms with Gasteiger partial charge in [0.15, 0.2) is 15.6 Å². The highest BCUT2D eigenvalue weighted by atomic mass is 32.2. The van der Waals surface area contributed by atoms with E-state index in [2.05, 4.69) is 11.4 Å². The zero-order valence-electron chi connectivity index (χ0n) is 16.6. The SMILES string of the molecule is CS(=O)(=O)Cc1ccc(C(=O)NC(c2ccccc2)c2ccc3c(c2)CCCO3)o1. The van der Waals surface area contributed by atoms with Crippen LogP contribution in [0, 0.1) is 0 Å². The summed E-state index contributed by atoms with van der Waals surface area (Å²) in [6.45, 7) is 0.722. The van der Waals surface area contributed by atoms with Gasteiger partial charge in [0, 0.05) is 6.26 Å². The Balaban J connectivity index is 1.62. The number of sulfone groups is 1. The second-order valence-electron chi connectivity index (χ2n) is 7.47. The first kappa shape index (κ1) is 20.2. The molecule has 2 heterocycles. The first-order valence-corrected chi connectivity index (χ1v) is 11.8. The van der Waals surface area contributed by atoms with E-state index in [0.29, 0.717) is 0 Å². The normalized spacial score (nSPS) is 14.4. The van der Waals surface area contributed by atoms with Crippen LogP contribution in [0.3, 0.4) is 0 Å². The molecular formula is C23H23NO5S. The Labute approximate surface area is 175 Å². The molecule has 156 valence electrons. The van der Waals surface area contributed by atoms with E-state index < -0.39 is 15.7 Å². The molecule has 1 atom stereocenters. The van der Waals surface area contributed by atoms with Gasteiger partial charge in [-0.05, 0) is 53.8 Å². The number of rotatable bonds is 6. The molecule has 4 rings (SSSR count). The van der Waals surface area contributed by atoms with Crippen molar-refractivity contribution >= 4 is 15.7 Å². The molecule has 0 bridgehead atoms. The van der Waals surface area contributed by atoms with Crippen molar-refractivity contribution in [3.63, 3.8) is 0 Å². The van der Waals surface area contributed by atoms with Gasteiger partial charge in [-0.15, -0.1) is 0 Å². The van der Waals surface area contributed by atoms with Gasteiger partial charge in [-0.1, -0.05) is 36.4 Å². The van der Waals surface area contributed by atoms with E-state index in [0.717, 1.165) is 48.1 Å². The average Bonchev–Trinajstić information content (AvgIpc) is 3.19. The lowest BCUT2D eigenvalue weighted by Gasteiger charge is -2.23. The molecule has 1 aliphatic rings. The number of carbonyl (C=O) groups is 1. The fourth-order valence-electron chi connectivity index (χ4n) is 3.60. The minimum absolute atomic E-state index is 0.0795. The van der Waals surface area contributed by atoms with Gasteiger partial charge in [0.2, 0.25) is 0 Å². The van der Waals surface area contributed by atoms with Crippen molar-refractivity contribution < 1.29 is 22.4 Å². The number of hydrogen-bond donors (Lipinski definition) is 1. The van der Waals surface area contributed by atoms with Gasteiger partial charge in [-0.25, -0.2) is 8.42 Å². The van der Waals surface area contributed by atoms with Crippen LogP contribution >= 0.6 is 0 Å². The third kappa shape index (κ3) is 4.74. The lowest BCUT2D eigenvalue weighted by molar-refractivity contribution is 0.0913. The fraction of sp³-hybridized carbons (Fsp3) is 0.261. The molecule has 1 N–H and O–H groups in total. The average molecular weight is 426 g/mol. The highest BCUT2D eigenvalue weighted by Gasteiger charge is 2.22. The summed E-state index contributed by atoms with van der Waals surface area (Å²) in [5.41, 5.74) is 3.01. The van der Waals surface area contributed by atoms with E-state index in [1.165, 1.54) is 12.1 Å². The Morgan fingerprint density at radius 1 is 1.07 bits per heavy atom. The minimum atomic E-state index is -3.24. The smallest absolute Gasteiger partial charge is 0.287 e. The van der Waals surface area contributed by atoms with Crippen molar-refractivity contribution in [2.75, 3.05) is 12.9 Å². The molecule has 7 heteroatoms. The van der Waals surface area contributed by atoms with Crippen LogP contribution in [0.25, 0.3) is 0 Å². The first-order chi connectivity index (χ1) is 14.4. The second-order valence-corrected chi connectivity index (χ2v) is 9.61. The number of hydrogen-bond acceptors (Lipinski definition) is 5. The Morgan fingerprint density at radius 2 is 1.87 bits per heavy atom. The summed E-state index contributed by atoms with van der Waals surface area (Å²) in [4.78, 5) is 12.9. The molecule has 0 fully saturated rings. The van der Waals surface area contributed by atoms with Gasteiger partial charge in [0.25, 0.3) is 5.91 Å². The standard InChI is InChI=1S/C23H23NO5S/c1-30(26,27)15-19-10-12-21(29-19)23(25)24-22(16-6-3-2-4-7-16)18-9-11-20-17(14-18)8-5-13-28-20/h2-4,6-7,9-12,14,22H,5,8,13,15H2,1H3,(H,24,25). The van der Waals surface area contributed by atoms with Gasteiger partial charge in [0.1, 0.15) is 17.3 Å². The Hall–Kier alpha value is -3.06. The topological polar surface area (TPSA) is 85.6 Å². The number of ether oxygens (including phenoxy) is 1. The fourth-order valence-corrected chi connectivity index (χ4v) is 4.27. The van der Waals surface area contributed by atoms with E-state index in [-0.39, 0.29) is 23.3 Å². The number of aryl methyl sites for hydroxylation is 1. The van der Waals surface area contributed by atoms with Crippen LogP contribution in [-0.4, -0.2) is 27.2 Å². The molecule has 1 aromatic heterocycles. The molecule has 3 aromatic rings. The number of benzene rings is 2. The number of fused-ring (bicyclic) bond motifs is 1. The molecule has 1 aliphatic heterocycles. The summed E-state index contributed by atoms with van der Waals surface area (Å²) < 4.78 is 34.1. The maximum Gasteiger partial charge on any atom is 0.287 e. The van der Waals surface area contributed by atoms with Crippen LogP contribution in [0.4, 0.5) is 0 Å². The second kappa shape index (κ2) is 8.36. The molecule has 6 nitrogen and oxygen atoms in total. The first-order valence-electron chi connectivity index (χ1n) is 9.77. The predicted molar refractivity (Wildman–Crippen MR) is 113 cm³/mol. The third-order valence-electron chi connectivity index (χ3n) is 4.96. The van der Waals surface area contributed by atoms with Gasteiger partial charge >= 0.3 is 0 Å². The number of carbonyl (C=O) groups excluding carboxylic acids is 1. The van der Waals surface area contributed by atoms with Gasteiger partial charge in [-0.2, -0.15) is 0 Å². The van der Waals surface area contributed by atoms with Crippen molar-refractivity contribution in [1.82, 2.24) is 5.32 Å². The van der Waals surface area contributed by atoms with Crippen LogP contribution in [-0.2, 0) is 22.0 Å². The minimum Gasteiger partial charge on any atom is -0.493 e. The molecule has 30 heavy (non-hydrogen) atoms. The monoisotopic (exact) mass is 425 g/mol. The number of amides is 1. The molecule has 0 saturated carbocycles. The molecule has 1 amide bonds. The molecule has 0 radical (unpaired) electrons. The zero-order chi connectivity index (χ0) is 21.1. The quantitative estimate of drug-likeness (QED) is 0.651. The van der Waals surface area contributed by atoms with E-state index in [9.17, 15) is 13.2 Å². The number of nitrogens with one attached hydrogen (secondary N) is 1. The molecule has 0 saturated heterocycles. The maximum atomic E-state index is 12.9. The van der Waals surface area contributed by atoms with Crippen molar-refractivity contribution in [3.8, 4) is 5.75 Å². The highest BCUT2D eigenvalue weighted by molar-refractivity contribution is 7.89. The summed E-state index contributed by atoms with van der Waals surface area (Å²) in [6, 6.07) is 18.3. The summed E-state index contributed by atoms with van der Waals surface area (Å²) in [6.07, 6.45) is 3.03. The van der Waals surface area contributed by atoms with E-state index in [1.54, 1.807) is 0 Å². The molecule has 2 aromatic carbocycles. The zero-order valence-corrected chi connectivity index (χ0v) is 17.4. The van der Waals surface area contributed by atoms with Gasteiger partial charge < -0.3 is 14.5 Å².